The van der Waals surface area contributed by atoms with E-state index in [1.807, 2.05) is 17.3 Å². The Hall–Kier alpha value is -0.997. The Morgan fingerprint density at radius 1 is 0.476 bits per heavy atom. The van der Waals surface area contributed by atoms with Crippen molar-refractivity contribution in [3.8, 4) is 0 Å². The maximum atomic E-state index is 4.57. The van der Waals surface area contributed by atoms with E-state index >= 15 is 0 Å². The SMILES string of the molecule is [Cl][Ru].c1ccc([PH+](c2ccccc2)c2ccccc2)cc1. The Morgan fingerprint density at radius 3 is 0.952 bits per heavy atom. The van der Waals surface area contributed by atoms with Gasteiger partial charge in [0.25, 0.3) is 0 Å². The molecule has 3 aromatic carbocycles. The molecule has 0 aromatic heterocycles. The fourth-order valence-corrected chi connectivity index (χ4v) is 4.89. The monoisotopic (exact) mass is 400 g/mol. The molecule has 3 rings (SSSR count). The van der Waals surface area contributed by atoms with Gasteiger partial charge in [-0.2, -0.15) is 0 Å². The zero-order chi connectivity index (χ0) is 14.9. The van der Waals surface area contributed by atoms with Crippen LogP contribution in [0.1, 0.15) is 0 Å². The van der Waals surface area contributed by atoms with E-state index in [4.69, 9.17) is 0 Å². The predicted molar refractivity (Wildman–Crippen MR) is 92.4 cm³/mol. The molecule has 0 bridgehead atoms. The van der Waals surface area contributed by atoms with Crippen molar-refractivity contribution in [3.05, 3.63) is 91.0 Å². The summed E-state index contributed by atoms with van der Waals surface area (Å²) < 4.78 is 0. The van der Waals surface area contributed by atoms with E-state index < -0.39 is 7.92 Å². The van der Waals surface area contributed by atoms with Crippen molar-refractivity contribution in [2.24, 2.45) is 0 Å². The van der Waals surface area contributed by atoms with Gasteiger partial charge in [0.05, 0.1) is 7.92 Å². The number of rotatable bonds is 3. The number of hydrogen-bond acceptors (Lipinski definition) is 0. The topological polar surface area (TPSA) is 0 Å². The molecule has 0 saturated carbocycles. The molecule has 0 aliphatic rings. The van der Waals surface area contributed by atoms with Gasteiger partial charge in [0.15, 0.2) is 0 Å². The molecule has 0 N–H and O–H groups in total. The Labute approximate surface area is 141 Å². The molecule has 0 saturated heterocycles. The first-order valence-electron chi connectivity index (χ1n) is 6.62. The van der Waals surface area contributed by atoms with E-state index in [0.717, 1.165) is 0 Å². The van der Waals surface area contributed by atoms with Gasteiger partial charge in [0, 0.05) is 0 Å². The van der Waals surface area contributed by atoms with Crippen LogP contribution in [-0.4, -0.2) is 0 Å². The average Bonchev–Trinajstić information content (AvgIpc) is 2.60. The third-order valence-corrected chi connectivity index (χ3v) is 5.92. The normalized spacial score (nSPS) is 9.86. The van der Waals surface area contributed by atoms with Gasteiger partial charge in [0.2, 0.25) is 0 Å². The average molecular weight is 400 g/mol. The molecule has 0 aliphatic heterocycles. The number of benzene rings is 3. The number of halogens is 1. The van der Waals surface area contributed by atoms with Gasteiger partial charge in [-0.1, -0.05) is 54.6 Å². The van der Waals surface area contributed by atoms with Crippen LogP contribution in [0.2, 0.25) is 0 Å². The molecule has 0 amide bonds. The first kappa shape index (κ1) is 16.4. The molecule has 0 radical (unpaired) electrons. The van der Waals surface area contributed by atoms with Crippen LogP contribution >= 0.6 is 17.6 Å². The van der Waals surface area contributed by atoms with Gasteiger partial charge in [0.1, 0.15) is 15.9 Å². The quantitative estimate of drug-likeness (QED) is 0.463. The molecular weight excluding hydrogens is 384 g/mol. The van der Waals surface area contributed by atoms with Crippen LogP contribution in [0.25, 0.3) is 0 Å². The van der Waals surface area contributed by atoms with Crippen molar-refractivity contribution in [1.82, 2.24) is 0 Å². The molecule has 21 heavy (non-hydrogen) atoms. The molecule has 107 valence electrons. The molecule has 0 fully saturated rings. The second-order valence-corrected chi connectivity index (χ2v) is 6.96. The van der Waals surface area contributed by atoms with Gasteiger partial charge in [-0.15, -0.1) is 0 Å². The van der Waals surface area contributed by atoms with E-state index in [-0.39, 0.29) is 0 Å². The Morgan fingerprint density at radius 2 is 0.714 bits per heavy atom. The van der Waals surface area contributed by atoms with E-state index in [2.05, 4.69) is 101 Å². The van der Waals surface area contributed by atoms with Crippen LogP contribution in [0.4, 0.5) is 0 Å². The molecule has 0 nitrogen and oxygen atoms in total. The second-order valence-electron chi connectivity index (χ2n) is 4.47. The van der Waals surface area contributed by atoms with Crippen LogP contribution in [0, 0.1) is 0 Å². The molecule has 0 atom stereocenters. The van der Waals surface area contributed by atoms with Crippen molar-refractivity contribution >= 4 is 33.5 Å². The molecule has 0 heterocycles. The standard InChI is InChI=1S/C18H15P.ClH.Ru/c1-4-10-16(11-5-1)19(17-12-6-2-7-13-17)18-14-8-3-9-15-18;;/h1-15H;1H;/q;;+1. The van der Waals surface area contributed by atoms with E-state index in [0.29, 0.717) is 0 Å². The molecular formula is C18H16ClPRu+. The third-order valence-electron chi connectivity index (χ3n) is 3.19. The Bertz CT molecular complexity index is 535. The molecule has 3 aromatic rings. The molecule has 0 aliphatic carbocycles. The zero-order valence-corrected chi connectivity index (χ0v) is 14.9. The molecule has 0 spiro atoms. The van der Waals surface area contributed by atoms with Crippen molar-refractivity contribution in [1.29, 1.82) is 0 Å². The largest absolute Gasteiger partial charge is 0.102 e. The van der Waals surface area contributed by atoms with Crippen LogP contribution in [-0.2, 0) is 17.3 Å². The van der Waals surface area contributed by atoms with E-state index in [9.17, 15) is 0 Å². The zero-order valence-electron chi connectivity index (χ0n) is 11.4. The smallest absolute Gasteiger partial charge is 0.0620 e. The summed E-state index contributed by atoms with van der Waals surface area (Å²) in [4.78, 5) is 0. The fourth-order valence-electron chi connectivity index (χ4n) is 2.31. The van der Waals surface area contributed by atoms with Gasteiger partial charge in [-0.05, 0) is 36.4 Å². The van der Waals surface area contributed by atoms with Gasteiger partial charge < -0.3 is 0 Å². The van der Waals surface area contributed by atoms with Crippen LogP contribution < -0.4 is 15.9 Å². The minimum absolute atomic E-state index is 0.877. The number of hydrogen-bond donors (Lipinski definition) is 0. The predicted octanol–water partition coefficient (Wildman–Crippen LogP) is 3.86. The van der Waals surface area contributed by atoms with E-state index in [1.165, 1.54) is 15.9 Å². The fraction of sp³-hybridized carbons (Fsp3) is 0. The minimum Gasteiger partial charge on any atom is -0.0620 e. The van der Waals surface area contributed by atoms with Crippen LogP contribution in [0.5, 0.6) is 0 Å². The molecule has 0 unspecified atom stereocenters. The maximum absolute atomic E-state index is 4.57. The van der Waals surface area contributed by atoms with Crippen molar-refractivity contribution in [3.63, 3.8) is 0 Å². The Balaban J connectivity index is 0.000000774. The first-order chi connectivity index (χ1) is 10.4. The molecule has 3 heteroatoms. The van der Waals surface area contributed by atoms with Crippen molar-refractivity contribution < 1.29 is 17.3 Å². The van der Waals surface area contributed by atoms with Crippen LogP contribution in [0.15, 0.2) is 91.0 Å². The summed E-state index contributed by atoms with van der Waals surface area (Å²) in [5.41, 5.74) is 0. The summed E-state index contributed by atoms with van der Waals surface area (Å²) in [7, 11) is 3.69. The summed E-state index contributed by atoms with van der Waals surface area (Å²) in [6.45, 7) is 0. The van der Waals surface area contributed by atoms with Crippen LogP contribution in [0.3, 0.4) is 0 Å². The van der Waals surface area contributed by atoms with Crippen molar-refractivity contribution in [2.45, 2.75) is 0 Å². The van der Waals surface area contributed by atoms with E-state index in [1.54, 1.807) is 0 Å². The summed E-state index contributed by atoms with van der Waals surface area (Å²) in [5.74, 6) is 0. The maximum Gasteiger partial charge on any atom is 0.102 e. The second kappa shape index (κ2) is 9.11. The van der Waals surface area contributed by atoms with Gasteiger partial charge >= 0.3 is 27.0 Å². The first-order valence-corrected chi connectivity index (χ1v) is 10.4. The van der Waals surface area contributed by atoms with Gasteiger partial charge in [-0.3, -0.25) is 0 Å². The van der Waals surface area contributed by atoms with Crippen molar-refractivity contribution in [2.75, 3.05) is 0 Å². The summed E-state index contributed by atoms with van der Waals surface area (Å²) in [5, 5.41) is 4.31. The summed E-state index contributed by atoms with van der Waals surface area (Å²) >= 11 is 1.82. The Kier molecular flexibility index (Phi) is 7.10. The van der Waals surface area contributed by atoms with Gasteiger partial charge in [-0.25, -0.2) is 0 Å². The minimum atomic E-state index is -0.877. The third kappa shape index (κ3) is 4.48. The summed E-state index contributed by atoms with van der Waals surface area (Å²) in [6, 6.07) is 32.5. The summed E-state index contributed by atoms with van der Waals surface area (Å²) in [6.07, 6.45) is 0.